The van der Waals surface area contributed by atoms with Gasteiger partial charge in [-0.05, 0) is 119 Å². The van der Waals surface area contributed by atoms with E-state index in [-0.39, 0.29) is 29.5 Å². The average molecular weight is 471 g/mol. The fraction of sp³-hybridized carbons (Fsp3) is 0.481. The number of nitrogens with zero attached hydrogens (tertiary/aromatic N) is 1. The molecule has 0 bridgehead atoms. The molecule has 0 spiro atoms. The van der Waals surface area contributed by atoms with Crippen LogP contribution in [0.4, 0.5) is 4.39 Å². The Morgan fingerprint density at radius 3 is 2.12 bits per heavy atom. The molecule has 2 aliphatic rings. The van der Waals surface area contributed by atoms with Crippen LogP contribution in [-0.4, -0.2) is 42.3 Å². The normalized spacial score (nSPS) is 22.1. The third-order valence-electron chi connectivity index (χ3n) is 7.23. The average Bonchev–Trinajstić information content (AvgIpc) is 2.84. The zero-order valence-corrected chi connectivity index (χ0v) is 19.7. The van der Waals surface area contributed by atoms with Crippen molar-refractivity contribution in [3.05, 3.63) is 70.5 Å². The number of carbonyl (C=O) groups excluding carboxylic acids is 2. The van der Waals surface area contributed by atoms with Crippen molar-refractivity contribution in [3.63, 3.8) is 0 Å². The number of nitrogens with one attached hydrogen (secondary N) is 1. The fourth-order valence-electron chi connectivity index (χ4n) is 5.10. The monoisotopic (exact) mass is 470 g/mol. The van der Waals surface area contributed by atoms with Gasteiger partial charge >= 0.3 is 0 Å². The molecule has 2 aromatic rings. The molecule has 1 heterocycles. The van der Waals surface area contributed by atoms with E-state index in [9.17, 15) is 14.0 Å². The van der Waals surface area contributed by atoms with E-state index in [1.54, 1.807) is 36.4 Å². The summed E-state index contributed by atoms with van der Waals surface area (Å²) in [5.74, 6) is 0.569. The summed E-state index contributed by atoms with van der Waals surface area (Å²) in [7, 11) is 0. The Balaban J connectivity index is 1.14. The standard InChI is InChI=1S/C27H32ClFN2O2/c28-23-7-3-22(4-8-23)27(33)30-25-11-1-19(2-12-25)13-16-31-17-14-21(15-18-31)26(32)20-5-9-24(29)10-6-20/h3-10,19,21,25H,1-2,11-18H2,(H,30,33). The molecule has 1 N–H and O–H groups in total. The Morgan fingerprint density at radius 2 is 1.48 bits per heavy atom. The van der Waals surface area contributed by atoms with Gasteiger partial charge in [-0.15, -0.1) is 0 Å². The summed E-state index contributed by atoms with van der Waals surface area (Å²) in [6.07, 6.45) is 7.26. The summed E-state index contributed by atoms with van der Waals surface area (Å²) in [6, 6.07) is 13.2. The molecule has 1 aliphatic carbocycles. The minimum absolute atomic E-state index is 0.0202. The third kappa shape index (κ3) is 6.64. The van der Waals surface area contributed by atoms with Crippen molar-refractivity contribution in [1.82, 2.24) is 10.2 Å². The van der Waals surface area contributed by atoms with E-state index in [0.29, 0.717) is 22.1 Å². The first-order valence-electron chi connectivity index (χ1n) is 12.1. The molecule has 0 aromatic heterocycles. The van der Waals surface area contributed by atoms with Gasteiger partial charge in [0.15, 0.2) is 5.78 Å². The first-order chi connectivity index (χ1) is 16.0. The van der Waals surface area contributed by atoms with Crippen LogP contribution in [-0.2, 0) is 0 Å². The minimum atomic E-state index is -0.306. The summed E-state index contributed by atoms with van der Waals surface area (Å²) in [6.45, 7) is 2.97. The van der Waals surface area contributed by atoms with Crippen LogP contribution in [0.1, 0.15) is 65.7 Å². The molecule has 0 unspecified atom stereocenters. The molecule has 1 amide bonds. The van der Waals surface area contributed by atoms with Gasteiger partial charge in [0.1, 0.15) is 5.82 Å². The Hall–Kier alpha value is -2.24. The van der Waals surface area contributed by atoms with Gasteiger partial charge in [-0.25, -0.2) is 4.39 Å². The van der Waals surface area contributed by atoms with Crippen molar-refractivity contribution < 1.29 is 14.0 Å². The van der Waals surface area contributed by atoms with E-state index in [4.69, 9.17) is 11.6 Å². The molecule has 6 heteroatoms. The number of rotatable bonds is 7. The number of likely N-dealkylation sites (tertiary alicyclic amines) is 1. The number of hydrogen-bond acceptors (Lipinski definition) is 3. The van der Waals surface area contributed by atoms with Crippen molar-refractivity contribution in [1.29, 1.82) is 0 Å². The van der Waals surface area contributed by atoms with E-state index in [2.05, 4.69) is 10.2 Å². The molecule has 2 aromatic carbocycles. The van der Waals surface area contributed by atoms with Crippen LogP contribution in [0.15, 0.2) is 48.5 Å². The molecule has 1 aliphatic heterocycles. The molecule has 0 atom stereocenters. The number of piperidine rings is 1. The predicted octanol–water partition coefficient (Wildman–Crippen LogP) is 5.75. The highest BCUT2D eigenvalue weighted by Gasteiger charge is 2.27. The second-order valence-electron chi connectivity index (χ2n) is 9.47. The molecule has 0 radical (unpaired) electrons. The van der Waals surface area contributed by atoms with Gasteiger partial charge in [-0.1, -0.05) is 11.6 Å². The van der Waals surface area contributed by atoms with Crippen LogP contribution < -0.4 is 5.32 Å². The summed E-state index contributed by atoms with van der Waals surface area (Å²) in [4.78, 5) is 27.6. The van der Waals surface area contributed by atoms with Gasteiger partial charge in [0.25, 0.3) is 5.91 Å². The maximum atomic E-state index is 13.1. The van der Waals surface area contributed by atoms with E-state index >= 15 is 0 Å². The summed E-state index contributed by atoms with van der Waals surface area (Å²) >= 11 is 5.90. The Kier molecular flexibility index (Phi) is 8.15. The molecule has 2 fully saturated rings. The quantitative estimate of drug-likeness (QED) is 0.524. The lowest BCUT2D eigenvalue weighted by Crippen LogP contribution is -2.39. The molecule has 4 nitrogen and oxygen atoms in total. The van der Waals surface area contributed by atoms with Gasteiger partial charge < -0.3 is 10.2 Å². The molecule has 1 saturated heterocycles. The van der Waals surface area contributed by atoms with E-state index in [1.165, 1.54) is 18.6 Å². The van der Waals surface area contributed by atoms with Crippen molar-refractivity contribution in [3.8, 4) is 0 Å². The Labute approximate surface area is 200 Å². The van der Waals surface area contributed by atoms with Gasteiger partial charge in [0.2, 0.25) is 0 Å². The fourth-order valence-corrected chi connectivity index (χ4v) is 5.23. The zero-order chi connectivity index (χ0) is 23.2. The maximum Gasteiger partial charge on any atom is 0.251 e. The number of Topliss-reactive ketones (excluding diaryl/α,β-unsaturated/α-hetero) is 1. The zero-order valence-electron chi connectivity index (χ0n) is 18.9. The molecular weight excluding hydrogens is 439 g/mol. The van der Waals surface area contributed by atoms with Crippen molar-refractivity contribution in [2.75, 3.05) is 19.6 Å². The Morgan fingerprint density at radius 1 is 0.879 bits per heavy atom. The highest BCUT2D eigenvalue weighted by Crippen LogP contribution is 2.29. The largest absolute Gasteiger partial charge is 0.349 e. The predicted molar refractivity (Wildman–Crippen MR) is 129 cm³/mol. The Bertz CT molecular complexity index is 932. The smallest absolute Gasteiger partial charge is 0.251 e. The highest BCUT2D eigenvalue weighted by molar-refractivity contribution is 6.30. The van der Waals surface area contributed by atoms with Crippen LogP contribution in [0.5, 0.6) is 0 Å². The number of halogens is 2. The molecule has 33 heavy (non-hydrogen) atoms. The lowest BCUT2D eigenvalue weighted by atomic mass is 9.83. The van der Waals surface area contributed by atoms with Crippen LogP contribution >= 0.6 is 11.6 Å². The number of carbonyl (C=O) groups is 2. The van der Waals surface area contributed by atoms with E-state index in [0.717, 1.165) is 58.2 Å². The number of ketones is 1. The number of benzene rings is 2. The van der Waals surface area contributed by atoms with Crippen molar-refractivity contribution in [2.45, 2.75) is 51.0 Å². The van der Waals surface area contributed by atoms with Crippen molar-refractivity contribution >= 4 is 23.3 Å². The van der Waals surface area contributed by atoms with Gasteiger partial charge in [0.05, 0.1) is 0 Å². The molecule has 176 valence electrons. The second-order valence-corrected chi connectivity index (χ2v) is 9.91. The summed E-state index contributed by atoms with van der Waals surface area (Å²) in [5.41, 5.74) is 1.28. The maximum absolute atomic E-state index is 13.1. The first kappa shape index (κ1) is 23.9. The number of hydrogen-bond donors (Lipinski definition) is 1. The SMILES string of the molecule is O=C(NC1CCC(CCN2CCC(C(=O)c3ccc(F)cc3)CC2)CC1)c1ccc(Cl)cc1. The first-order valence-corrected chi connectivity index (χ1v) is 12.4. The van der Waals surface area contributed by atoms with Crippen LogP contribution in [0.2, 0.25) is 5.02 Å². The lowest BCUT2D eigenvalue weighted by Gasteiger charge is -2.34. The minimum Gasteiger partial charge on any atom is -0.349 e. The topological polar surface area (TPSA) is 49.4 Å². The van der Waals surface area contributed by atoms with E-state index < -0.39 is 0 Å². The third-order valence-corrected chi connectivity index (χ3v) is 7.48. The molecule has 4 rings (SSSR count). The van der Waals surface area contributed by atoms with E-state index in [1.807, 2.05) is 0 Å². The van der Waals surface area contributed by atoms with Gasteiger partial charge in [-0.3, -0.25) is 9.59 Å². The van der Waals surface area contributed by atoms with Crippen LogP contribution in [0.3, 0.4) is 0 Å². The van der Waals surface area contributed by atoms with Gasteiger partial charge in [-0.2, -0.15) is 0 Å². The highest BCUT2D eigenvalue weighted by atomic mass is 35.5. The second kappa shape index (κ2) is 11.3. The van der Waals surface area contributed by atoms with Crippen molar-refractivity contribution in [2.24, 2.45) is 11.8 Å². The van der Waals surface area contributed by atoms with Crippen LogP contribution in [0.25, 0.3) is 0 Å². The van der Waals surface area contributed by atoms with Crippen LogP contribution in [0, 0.1) is 17.7 Å². The lowest BCUT2D eigenvalue weighted by molar-refractivity contribution is 0.0832. The summed E-state index contributed by atoms with van der Waals surface area (Å²) < 4.78 is 13.1. The molecule has 1 saturated carbocycles. The number of amides is 1. The summed E-state index contributed by atoms with van der Waals surface area (Å²) in [5, 5.41) is 3.80. The molecular formula is C27H32ClFN2O2. The van der Waals surface area contributed by atoms with Gasteiger partial charge in [0, 0.05) is 28.1 Å².